The number of hydrogen-bond acceptors (Lipinski definition) is 5. The van der Waals surface area contributed by atoms with Crippen LogP contribution in [-0.4, -0.2) is 32.2 Å². The molecule has 0 unspecified atom stereocenters. The molecule has 0 heterocycles. The van der Waals surface area contributed by atoms with E-state index in [1.807, 2.05) is 0 Å². The van der Waals surface area contributed by atoms with E-state index >= 15 is 0 Å². The molecule has 1 N–H and O–H groups in total. The van der Waals surface area contributed by atoms with Crippen molar-refractivity contribution in [2.75, 3.05) is 19.5 Å². The molecule has 0 aliphatic carbocycles. The van der Waals surface area contributed by atoms with Crippen LogP contribution in [0.5, 0.6) is 11.5 Å². The van der Waals surface area contributed by atoms with Gasteiger partial charge in [-0.25, -0.2) is 4.79 Å². The van der Waals surface area contributed by atoms with Crippen LogP contribution in [0.1, 0.15) is 17.3 Å². The largest absolute Gasteiger partial charge is 0.497 e. The van der Waals surface area contributed by atoms with Gasteiger partial charge in [-0.15, -0.1) is 0 Å². The number of nitrogens with one attached hydrogen (secondary N) is 1. The lowest BCUT2D eigenvalue weighted by Gasteiger charge is -2.16. The molecule has 0 aromatic heterocycles. The van der Waals surface area contributed by atoms with E-state index in [2.05, 4.69) is 10.1 Å². The van der Waals surface area contributed by atoms with Gasteiger partial charge in [-0.1, -0.05) is 11.6 Å². The molecule has 2 rings (SSSR count). The maximum absolute atomic E-state index is 12.3. The Hall–Kier alpha value is -2.73. The molecule has 0 aliphatic heterocycles. The first-order valence-electron chi connectivity index (χ1n) is 7.44. The summed E-state index contributed by atoms with van der Waals surface area (Å²) >= 11 is 6.06. The highest BCUT2D eigenvalue weighted by Gasteiger charge is 2.17. The van der Waals surface area contributed by atoms with E-state index < -0.39 is 18.0 Å². The SMILES string of the molecule is COC(=O)c1ccc(Cl)c(NC(=O)[C@H](C)Oc2ccc(OC)cc2)c1. The number of carbonyl (C=O) groups excluding carboxylic acids is 2. The van der Waals surface area contributed by atoms with Crippen molar-refractivity contribution in [2.24, 2.45) is 0 Å². The number of amides is 1. The first-order valence-corrected chi connectivity index (χ1v) is 7.82. The second-order valence-electron chi connectivity index (χ2n) is 5.11. The summed E-state index contributed by atoms with van der Waals surface area (Å²) in [5, 5.41) is 2.95. The van der Waals surface area contributed by atoms with Crippen LogP contribution in [0.3, 0.4) is 0 Å². The molecule has 0 saturated heterocycles. The Kier molecular flexibility index (Phi) is 6.25. The zero-order valence-electron chi connectivity index (χ0n) is 14.0. The number of carbonyl (C=O) groups is 2. The van der Waals surface area contributed by atoms with Crippen molar-refractivity contribution in [3.8, 4) is 11.5 Å². The molecule has 6 nitrogen and oxygen atoms in total. The molecule has 0 radical (unpaired) electrons. The highest BCUT2D eigenvalue weighted by atomic mass is 35.5. The third-order valence-electron chi connectivity index (χ3n) is 3.39. The quantitative estimate of drug-likeness (QED) is 0.794. The molecule has 2 aromatic carbocycles. The van der Waals surface area contributed by atoms with Gasteiger partial charge >= 0.3 is 5.97 Å². The maximum atomic E-state index is 12.3. The Balaban J connectivity index is 2.06. The van der Waals surface area contributed by atoms with Gasteiger partial charge in [-0.3, -0.25) is 4.79 Å². The normalized spacial score (nSPS) is 11.4. The van der Waals surface area contributed by atoms with Gasteiger partial charge in [0.05, 0.1) is 30.5 Å². The number of ether oxygens (including phenoxy) is 3. The molecule has 7 heteroatoms. The van der Waals surface area contributed by atoms with Crippen molar-refractivity contribution < 1.29 is 23.8 Å². The Labute approximate surface area is 150 Å². The number of rotatable bonds is 6. The standard InChI is InChI=1S/C18H18ClNO5/c1-11(25-14-7-5-13(23-2)6-8-14)17(21)20-16-10-12(18(22)24-3)4-9-15(16)19/h4-11H,1-3H3,(H,20,21)/t11-/m0/s1. The Morgan fingerprint density at radius 2 is 1.68 bits per heavy atom. The summed E-state index contributed by atoms with van der Waals surface area (Å²) in [5.74, 6) is 0.295. The summed E-state index contributed by atoms with van der Waals surface area (Å²) in [7, 11) is 2.85. The van der Waals surface area contributed by atoms with Gasteiger partial charge in [0, 0.05) is 0 Å². The van der Waals surface area contributed by atoms with E-state index in [9.17, 15) is 9.59 Å². The van der Waals surface area contributed by atoms with E-state index in [0.717, 1.165) is 0 Å². The number of hydrogen-bond donors (Lipinski definition) is 1. The van der Waals surface area contributed by atoms with Crippen LogP contribution in [0, 0.1) is 0 Å². The van der Waals surface area contributed by atoms with E-state index in [-0.39, 0.29) is 5.56 Å². The fourth-order valence-corrected chi connectivity index (χ4v) is 2.18. The molecule has 0 fully saturated rings. The molecule has 132 valence electrons. The lowest BCUT2D eigenvalue weighted by Crippen LogP contribution is -2.30. The number of halogens is 1. The van der Waals surface area contributed by atoms with Gasteiger partial charge in [-0.05, 0) is 49.4 Å². The first kappa shape index (κ1) is 18.6. The fraction of sp³-hybridized carbons (Fsp3) is 0.222. The highest BCUT2D eigenvalue weighted by molar-refractivity contribution is 6.33. The third-order valence-corrected chi connectivity index (χ3v) is 3.72. The van der Waals surface area contributed by atoms with Crippen LogP contribution in [0.25, 0.3) is 0 Å². The molecule has 0 aliphatic rings. The van der Waals surface area contributed by atoms with Crippen molar-refractivity contribution in [3.63, 3.8) is 0 Å². The molecule has 2 aromatic rings. The Morgan fingerprint density at radius 3 is 2.28 bits per heavy atom. The summed E-state index contributed by atoms with van der Waals surface area (Å²) in [6, 6.07) is 11.3. The molecular weight excluding hydrogens is 346 g/mol. The van der Waals surface area contributed by atoms with Crippen LogP contribution < -0.4 is 14.8 Å². The van der Waals surface area contributed by atoms with Crippen molar-refractivity contribution in [1.82, 2.24) is 0 Å². The van der Waals surface area contributed by atoms with Crippen molar-refractivity contribution in [1.29, 1.82) is 0 Å². The first-order chi connectivity index (χ1) is 11.9. The van der Waals surface area contributed by atoms with E-state index in [1.165, 1.54) is 25.3 Å². The van der Waals surface area contributed by atoms with Crippen LogP contribution in [0.2, 0.25) is 5.02 Å². The molecule has 0 spiro atoms. The summed E-state index contributed by atoms with van der Waals surface area (Å²) in [6.45, 7) is 1.61. The fourth-order valence-electron chi connectivity index (χ4n) is 2.01. The van der Waals surface area contributed by atoms with Gasteiger partial charge in [0.25, 0.3) is 5.91 Å². The number of benzene rings is 2. The van der Waals surface area contributed by atoms with Gasteiger partial charge in [0.2, 0.25) is 0 Å². The highest BCUT2D eigenvalue weighted by Crippen LogP contribution is 2.24. The van der Waals surface area contributed by atoms with Crippen LogP contribution in [0.15, 0.2) is 42.5 Å². The van der Waals surface area contributed by atoms with Gasteiger partial charge < -0.3 is 19.5 Å². The number of anilines is 1. The van der Waals surface area contributed by atoms with Crippen LogP contribution in [0.4, 0.5) is 5.69 Å². The Morgan fingerprint density at radius 1 is 1.04 bits per heavy atom. The van der Waals surface area contributed by atoms with Crippen LogP contribution in [-0.2, 0) is 9.53 Å². The van der Waals surface area contributed by atoms with E-state index in [0.29, 0.717) is 22.2 Å². The monoisotopic (exact) mass is 363 g/mol. The summed E-state index contributed by atoms with van der Waals surface area (Å²) in [5.41, 5.74) is 0.589. The lowest BCUT2D eigenvalue weighted by molar-refractivity contribution is -0.122. The minimum atomic E-state index is -0.772. The molecule has 0 bridgehead atoms. The van der Waals surface area contributed by atoms with Crippen LogP contribution >= 0.6 is 11.6 Å². The predicted octanol–water partition coefficient (Wildman–Crippen LogP) is 3.54. The average molecular weight is 364 g/mol. The topological polar surface area (TPSA) is 73.9 Å². The summed E-state index contributed by atoms with van der Waals surface area (Å²) in [6.07, 6.45) is -0.772. The zero-order valence-corrected chi connectivity index (χ0v) is 14.8. The van der Waals surface area contributed by atoms with E-state index in [1.54, 1.807) is 38.3 Å². The molecule has 1 amide bonds. The smallest absolute Gasteiger partial charge is 0.337 e. The zero-order chi connectivity index (χ0) is 18.4. The summed E-state index contributed by atoms with van der Waals surface area (Å²) < 4.78 is 15.3. The predicted molar refractivity (Wildman–Crippen MR) is 94.5 cm³/mol. The van der Waals surface area contributed by atoms with Gasteiger partial charge in [-0.2, -0.15) is 0 Å². The molecule has 25 heavy (non-hydrogen) atoms. The maximum Gasteiger partial charge on any atom is 0.337 e. The second-order valence-corrected chi connectivity index (χ2v) is 5.52. The van der Waals surface area contributed by atoms with Crippen molar-refractivity contribution in [2.45, 2.75) is 13.0 Å². The average Bonchev–Trinajstić information content (AvgIpc) is 2.63. The summed E-state index contributed by atoms with van der Waals surface area (Å²) in [4.78, 5) is 23.9. The van der Waals surface area contributed by atoms with Gasteiger partial charge in [0.15, 0.2) is 6.10 Å². The minimum Gasteiger partial charge on any atom is -0.497 e. The van der Waals surface area contributed by atoms with E-state index in [4.69, 9.17) is 21.1 Å². The van der Waals surface area contributed by atoms with Gasteiger partial charge in [0.1, 0.15) is 11.5 Å². The minimum absolute atomic E-state index is 0.283. The number of esters is 1. The molecule has 1 atom stereocenters. The second kappa shape index (κ2) is 8.39. The third kappa shape index (κ3) is 4.87. The number of methoxy groups -OCH3 is 2. The lowest BCUT2D eigenvalue weighted by atomic mass is 10.2. The Bertz CT molecular complexity index is 761. The molecule has 0 saturated carbocycles. The molecular formula is C18H18ClNO5. The van der Waals surface area contributed by atoms with Crippen molar-refractivity contribution >= 4 is 29.2 Å². The van der Waals surface area contributed by atoms with Crippen molar-refractivity contribution in [3.05, 3.63) is 53.1 Å².